The van der Waals surface area contributed by atoms with Gasteiger partial charge in [-0.3, -0.25) is 0 Å². The van der Waals surface area contributed by atoms with E-state index < -0.39 is 0 Å². The summed E-state index contributed by atoms with van der Waals surface area (Å²) in [5, 5.41) is 1.00. The second-order valence-corrected chi connectivity index (χ2v) is 3.99. The number of benzene rings is 1. The highest BCUT2D eigenvalue weighted by atomic mass is 79.9. The van der Waals surface area contributed by atoms with Crippen LogP contribution in [0.3, 0.4) is 0 Å². The third kappa shape index (κ3) is 1.87. The van der Waals surface area contributed by atoms with Crippen LogP contribution in [0.5, 0.6) is 5.75 Å². The normalized spacial score (nSPS) is 10.9. The molecule has 0 atom stereocenters. The predicted octanol–water partition coefficient (Wildman–Crippen LogP) is 3.35. The Morgan fingerprint density at radius 1 is 1.33 bits per heavy atom. The predicted molar refractivity (Wildman–Crippen MR) is 61.2 cm³/mol. The van der Waals surface area contributed by atoms with Crippen LogP contribution in [0.15, 0.2) is 27.1 Å². The topological polar surface area (TPSA) is 31.6 Å². The summed E-state index contributed by atoms with van der Waals surface area (Å²) in [6.07, 6.45) is 0. The van der Waals surface area contributed by atoms with E-state index in [1.807, 2.05) is 18.2 Å². The maximum absolute atomic E-state index is 5.63. The Hall–Kier alpha value is -1.00. The molecule has 1 heterocycles. The lowest BCUT2D eigenvalue weighted by Gasteiger charge is -2.00. The van der Waals surface area contributed by atoms with Crippen LogP contribution < -0.4 is 4.74 Å². The molecule has 1 aromatic heterocycles. The minimum atomic E-state index is 0.463. The lowest BCUT2D eigenvalue weighted by molar-refractivity contribution is 0.166. The highest BCUT2D eigenvalue weighted by molar-refractivity contribution is 9.10. The third-order valence-electron chi connectivity index (χ3n) is 2.15. The molecule has 0 unspecified atom stereocenters. The Morgan fingerprint density at radius 3 is 2.80 bits per heavy atom. The molecule has 0 saturated carbocycles. The fourth-order valence-electron chi connectivity index (χ4n) is 1.49. The number of halogens is 1. The molecule has 80 valence electrons. The van der Waals surface area contributed by atoms with Gasteiger partial charge in [0.05, 0.1) is 7.11 Å². The number of hydrogen-bond donors (Lipinski definition) is 0. The van der Waals surface area contributed by atoms with Gasteiger partial charge in [-0.15, -0.1) is 0 Å². The van der Waals surface area contributed by atoms with E-state index in [1.165, 1.54) is 0 Å². The van der Waals surface area contributed by atoms with E-state index in [-0.39, 0.29) is 0 Å². The monoisotopic (exact) mass is 270 g/mol. The fourth-order valence-corrected chi connectivity index (χ4v) is 1.92. The first kappa shape index (κ1) is 10.5. The van der Waals surface area contributed by atoms with Crippen molar-refractivity contribution in [1.82, 2.24) is 0 Å². The SMILES string of the molecule is COCc1cc2c(Br)ccc(OC)c2o1. The first-order valence-corrected chi connectivity index (χ1v) is 5.29. The van der Waals surface area contributed by atoms with Crippen molar-refractivity contribution in [3.8, 4) is 5.75 Å². The first-order chi connectivity index (χ1) is 7.26. The second-order valence-electron chi connectivity index (χ2n) is 3.14. The van der Waals surface area contributed by atoms with Crippen molar-refractivity contribution in [3.63, 3.8) is 0 Å². The summed E-state index contributed by atoms with van der Waals surface area (Å²) in [5.74, 6) is 1.52. The van der Waals surface area contributed by atoms with Crippen molar-refractivity contribution in [1.29, 1.82) is 0 Å². The molecule has 15 heavy (non-hydrogen) atoms. The summed E-state index contributed by atoms with van der Waals surface area (Å²) in [5.41, 5.74) is 0.749. The van der Waals surface area contributed by atoms with Crippen LogP contribution in [-0.4, -0.2) is 14.2 Å². The smallest absolute Gasteiger partial charge is 0.177 e. The van der Waals surface area contributed by atoms with Gasteiger partial charge in [-0.1, -0.05) is 15.9 Å². The van der Waals surface area contributed by atoms with E-state index in [9.17, 15) is 0 Å². The molecular weight excluding hydrogens is 260 g/mol. The number of fused-ring (bicyclic) bond motifs is 1. The zero-order valence-electron chi connectivity index (χ0n) is 8.54. The maximum Gasteiger partial charge on any atom is 0.177 e. The van der Waals surface area contributed by atoms with Crippen molar-refractivity contribution >= 4 is 26.9 Å². The van der Waals surface area contributed by atoms with Gasteiger partial charge in [-0.2, -0.15) is 0 Å². The van der Waals surface area contributed by atoms with Crippen molar-refractivity contribution in [2.24, 2.45) is 0 Å². The van der Waals surface area contributed by atoms with Gasteiger partial charge in [-0.05, 0) is 18.2 Å². The Kier molecular flexibility index (Phi) is 2.98. The summed E-state index contributed by atoms with van der Waals surface area (Å²) in [6.45, 7) is 0.463. The van der Waals surface area contributed by atoms with Gasteiger partial charge in [0.15, 0.2) is 11.3 Å². The molecule has 0 spiro atoms. The molecule has 2 aromatic rings. The summed E-state index contributed by atoms with van der Waals surface area (Å²) < 4.78 is 16.9. The van der Waals surface area contributed by atoms with E-state index >= 15 is 0 Å². The van der Waals surface area contributed by atoms with Crippen LogP contribution in [0.25, 0.3) is 11.0 Å². The molecule has 3 nitrogen and oxygen atoms in total. The highest BCUT2D eigenvalue weighted by Crippen LogP contribution is 2.34. The average Bonchev–Trinajstić information content (AvgIpc) is 2.64. The zero-order chi connectivity index (χ0) is 10.8. The van der Waals surface area contributed by atoms with E-state index in [2.05, 4.69) is 15.9 Å². The van der Waals surface area contributed by atoms with Crippen molar-refractivity contribution < 1.29 is 13.9 Å². The van der Waals surface area contributed by atoms with Crippen LogP contribution in [0, 0.1) is 0 Å². The quantitative estimate of drug-likeness (QED) is 0.857. The van der Waals surface area contributed by atoms with Crippen molar-refractivity contribution in [2.45, 2.75) is 6.61 Å². The third-order valence-corrected chi connectivity index (χ3v) is 2.84. The van der Waals surface area contributed by atoms with Gasteiger partial charge in [0.25, 0.3) is 0 Å². The number of rotatable bonds is 3. The highest BCUT2D eigenvalue weighted by Gasteiger charge is 2.11. The molecule has 2 rings (SSSR count). The Balaban J connectivity index is 2.61. The molecule has 0 aliphatic carbocycles. The number of ether oxygens (including phenoxy) is 2. The van der Waals surface area contributed by atoms with Crippen LogP contribution in [0.1, 0.15) is 5.76 Å². The van der Waals surface area contributed by atoms with Crippen molar-refractivity contribution in [2.75, 3.05) is 14.2 Å². The van der Waals surface area contributed by atoms with Gasteiger partial charge in [0.1, 0.15) is 12.4 Å². The molecule has 0 fully saturated rings. The molecule has 4 heteroatoms. The van der Waals surface area contributed by atoms with Crippen molar-refractivity contribution in [3.05, 3.63) is 28.4 Å². The van der Waals surface area contributed by atoms with Crippen LogP contribution in [0.4, 0.5) is 0 Å². The van der Waals surface area contributed by atoms with Gasteiger partial charge in [0, 0.05) is 17.0 Å². The zero-order valence-corrected chi connectivity index (χ0v) is 10.1. The maximum atomic E-state index is 5.63. The van der Waals surface area contributed by atoms with E-state index in [0.717, 1.165) is 27.0 Å². The number of methoxy groups -OCH3 is 2. The van der Waals surface area contributed by atoms with E-state index in [4.69, 9.17) is 13.9 Å². The van der Waals surface area contributed by atoms with Crippen LogP contribution >= 0.6 is 15.9 Å². The fraction of sp³-hybridized carbons (Fsp3) is 0.273. The largest absolute Gasteiger partial charge is 0.493 e. The van der Waals surface area contributed by atoms with Crippen LogP contribution in [-0.2, 0) is 11.3 Å². The lowest BCUT2D eigenvalue weighted by atomic mass is 10.2. The standard InChI is InChI=1S/C11H11BrO3/c1-13-6-7-5-8-9(12)3-4-10(14-2)11(8)15-7/h3-5H,6H2,1-2H3. The Labute approximate surface area is 96.1 Å². The van der Waals surface area contributed by atoms with Gasteiger partial charge in [0.2, 0.25) is 0 Å². The van der Waals surface area contributed by atoms with E-state index in [0.29, 0.717) is 6.61 Å². The molecule has 1 aromatic carbocycles. The minimum absolute atomic E-state index is 0.463. The summed E-state index contributed by atoms with van der Waals surface area (Å²) >= 11 is 3.47. The van der Waals surface area contributed by atoms with Crippen LogP contribution in [0.2, 0.25) is 0 Å². The molecular formula is C11H11BrO3. The minimum Gasteiger partial charge on any atom is -0.493 e. The number of hydrogen-bond acceptors (Lipinski definition) is 3. The first-order valence-electron chi connectivity index (χ1n) is 4.50. The second kappa shape index (κ2) is 4.24. The Morgan fingerprint density at radius 2 is 2.13 bits per heavy atom. The van der Waals surface area contributed by atoms with Gasteiger partial charge in [-0.25, -0.2) is 0 Å². The molecule has 0 radical (unpaired) electrons. The molecule has 0 N–H and O–H groups in total. The van der Waals surface area contributed by atoms with Gasteiger partial charge < -0.3 is 13.9 Å². The summed E-state index contributed by atoms with van der Waals surface area (Å²) in [6, 6.07) is 5.76. The summed E-state index contributed by atoms with van der Waals surface area (Å²) in [4.78, 5) is 0. The average molecular weight is 271 g/mol. The van der Waals surface area contributed by atoms with Gasteiger partial charge >= 0.3 is 0 Å². The Bertz CT molecular complexity index is 476. The number of furan rings is 1. The van der Waals surface area contributed by atoms with E-state index in [1.54, 1.807) is 14.2 Å². The molecule has 0 bridgehead atoms. The molecule has 0 saturated heterocycles. The molecule has 0 aliphatic heterocycles. The molecule has 0 aliphatic rings. The molecule has 0 amide bonds. The summed E-state index contributed by atoms with van der Waals surface area (Å²) in [7, 11) is 3.26. The lowest BCUT2D eigenvalue weighted by Crippen LogP contribution is -1.83.